The van der Waals surface area contributed by atoms with Gasteiger partial charge in [0.1, 0.15) is 24.4 Å². The molecule has 5 atom stereocenters. The molecule has 3 saturated heterocycles. The molecule has 3 rings (SSSR count). The number of unbranched alkanes of at least 4 members (excludes halogenated alkanes) is 6. The molecule has 27 heavy (non-hydrogen) atoms. The van der Waals surface area contributed by atoms with E-state index in [-0.39, 0.29) is 24.4 Å². The smallest absolute Gasteiger partial charge is 0.190 e. The maximum Gasteiger partial charge on any atom is 0.190 e. The summed E-state index contributed by atoms with van der Waals surface area (Å²) in [6.45, 7) is 11.2. The van der Waals surface area contributed by atoms with Crippen LogP contribution < -0.4 is 0 Å². The summed E-state index contributed by atoms with van der Waals surface area (Å²) >= 11 is 0. The molecule has 6 heteroatoms. The van der Waals surface area contributed by atoms with Crippen molar-refractivity contribution in [2.24, 2.45) is 0 Å². The molecule has 0 aromatic rings. The molecule has 0 amide bonds. The highest BCUT2D eigenvalue weighted by atomic mass is 16.9. The molecular formula is C21H38O6. The summed E-state index contributed by atoms with van der Waals surface area (Å²) in [7, 11) is 0. The van der Waals surface area contributed by atoms with E-state index < -0.39 is 17.9 Å². The lowest BCUT2D eigenvalue weighted by Gasteiger charge is -2.43. The van der Waals surface area contributed by atoms with Crippen molar-refractivity contribution in [3.63, 3.8) is 0 Å². The van der Waals surface area contributed by atoms with Gasteiger partial charge in [0.15, 0.2) is 17.9 Å². The van der Waals surface area contributed by atoms with Crippen LogP contribution in [0.1, 0.15) is 79.6 Å². The predicted molar refractivity (Wildman–Crippen MR) is 101 cm³/mol. The van der Waals surface area contributed by atoms with Crippen LogP contribution >= 0.6 is 0 Å². The first-order valence-electron chi connectivity index (χ1n) is 10.8. The van der Waals surface area contributed by atoms with Crippen LogP contribution in [0.4, 0.5) is 0 Å². The topological polar surface area (TPSA) is 55.4 Å². The Morgan fingerprint density at radius 2 is 1.33 bits per heavy atom. The molecule has 3 heterocycles. The van der Waals surface area contributed by atoms with Crippen molar-refractivity contribution < 1.29 is 28.4 Å². The van der Waals surface area contributed by atoms with Crippen LogP contribution in [0, 0.1) is 0 Å². The van der Waals surface area contributed by atoms with Crippen molar-refractivity contribution in [2.75, 3.05) is 13.2 Å². The van der Waals surface area contributed by atoms with Crippen LogP contribution in [-0.4, -0.2) is 55.5 Å². The minimum atomic E-state index is -0.692. The predicted octanol–water partition coefficient (Wildman–Crippen LogP) is 4.15. The van der Waals surface area contributed by atoms with Crippen LogP contribution in [0.2, 0.25) is 0 Å². The molecule has 3 aliphatic rings. The summed E-state index contributed by atoms with van der Waals surface area (Å²) in [5, 5.41) is 0. The van der Waals surface area contributed by atoms with Crippen LogP contribution in [0.15, 0.2) is 0 Å². The SMILES string of the molecule is CCCCCCCCCOC[C@H]1OC(C)(C)O[C@@H]2[C@H]3OC(C)(C)O[C@H]3O[C@@H]21. The van der Waals surface area contributed by atoms with Crippen molar-refractivity contribution in [2.45, 2.75) is 122 Å². The number of rotatable bonds is 10. The Hall–Kier alpha value is -0.240. The van der Waals surface area contributed by atoms with Gasteiger partial charge in [-0.05, 0) is 34.1 Å². The zero-order valence-electron chi connectivity index (χ0n) is 17.7. The molecule has 0 aliphatic carbocycles. The average molecular weight is 387 g/mol. The van der Waals surface area contributed by atoms with Gasteiger partial charge in [-0.25, -0.2) is 0 Å². The monoisotopic (exact) mass is 386 g/mol. The fourth-order valence-electron chi connectivity index (χ4n) is 4.21. The Kier molecular flexibility index (Phi) is 7.20. The van der Waals surface area contributed by atoms with Gasteiger partial charge in [0, 0.05) is 6.61 Å². The van der Waals surface area contributed by atoms with Crippen molar-refractivity contribution in [3.05, 3.63) is 0 Å². The van der Waals surface area contributed by atoms with E-state index in [0.717, 1.165) is 13.0 Å². The maximum atomic E-state index is 6.12. The first-order valence-corrected chi connectivity index (χ1v) is 10.8. The van der Waals surface area contributed by atoms with Gasteiger partial charge < -0.3 is 28.4 Å². The van der Waals surface area contributed by atoms with Gasteiger partial charge in [-0.15, -0.1) is 0 Å². The van der Waals surface area contributed by atoms with Crippen LogP contribution in [0.25, 0.3) is 0 Å². The van der Waals surface area contributed by atoms with E-state index in [1.54, 1.807) is 0 Å². The van der Waals surface area contributed by atoms with E-state index in [2.05, 4.69) is 6.92 Å². The van der Waals surface area contributed by atoms with Gasteiger partial charge in [-0.2, -0.15) is 0 Å². The number of ether oxygens (including phenoxy) is 6. The van der Waals surface area contributed by atoms with E-state index in [4.69, 9.17) is 28.4 Å². The second kappa shape index (κ2) is 9.06. The standard InChI is InChI=1S/C21H38O6/c1-6-7-8-9-10-11-12-13-22-14-15-16-17(25-20(2,3)24-15)18-19(23-16)27-21(4,5)26-18/h15-19H,6-14H2,1-5H3/t15-,16-,17+,18-,19-/m1/s1. The van der Waals surface area contributed by atoms with Gasteiger partial charge in [-0.1, -0.05) is 45.4 Å². The Bertz CT molecular complexity index is 466. The van der Waals surface area contributed by atoms with Gasteiger partial charge in [0.2, 0.25) is 0 Å². The zero-order valence-corrected chi connectivity index (χ0v) is 17.7. The summed E-state index contributed by atoms with van der Waals surface area (Å²) < 4.78 is 36.1. The third kappa shape index (κ3) is 5.64. The highest BCUT2D eigenvalue weighted by Gasteiger charge is 2.61. The zero-order chi connectivity index (χ0) is 19.5. The number of fused-ring (bicyclic) bond motifs is 3. The molecule has 0 aromatic heterocycles. The maximum absolute atomic E-state index is 6.12. The van der Waals surface area contributed by atoms with Crippen molar-refractivity contribution >= 4 is 0 Å². The summed E-state index contributed by atoms with van der Waals surface area (Å²) in [6, 6.07) is 0. The third-order valence-corrected chi connectivity index (χ3v) is 5.42. The molecule has 0 spiro atoms. The minimum Gasteiger partial charge on any atom is -0.379 e. The highest BCUT2D eigenvalue weighted by Crippen LogP contribution is 2.44. The van der Waals surface area contributed by atoms with Crippen LogP contribution in [0.5, 0.6) is 0 Å². The third-order valence-electron chi connectivity index (χ3n) is 5.42. The van der Waals surface area contributed by atoms with Crippen molar-refractivity contribution in [1.82, 2.24) is 0 Å². The molecule has 158 valence electrons. The highest BCUT2D eigenvalue weighted by molar-refractivity contribution is 5.00. The van der Waals surface area contributed by atoms with Gasteiger partial charge in [0.25, 0.3) is 0 Å². The van der Waals surface area contributed by atoms with Gasteiger partial charge in [-0.3, -0.25) is 0 Å². The summed E-state index contributed by atoms with van der Waals surface area (Å²) in [5.41, 5.74) is 0. The minimum absolute atomic E-state index is 0.177. The number of hydrogen-bond acceptors (Lipinski definition) is 6. The lowest BCUT2D eigenvalue weighted by Crippen LogP contribution is -2.57. The van der Waals surface area contributed by atoms with E-state index in [1.165, 1.54) is 38.5 Å². The van der Waals surface area contributed by atoms with Crippen LogP contribution in [0.3, 0.4) is 0 Å². The largest absolute Gasteiger partial charge is 0.379 e. The average Bonchev–Trinajstić information content (AvgIpc) is 3.05. The fourth-order valence-corrected chi connectivity index (χ4v) is 4.21. The van der Waals surface area contributed by atoms with Crippen molar-refractivity contribution in [3.8, 4) is 0 Å². The summed E-state index contributed by atoms with van der Waals surface area (Å²) in [5.74, 6) is -1.34. The molecule has 0 radical (unpaired) electrons. The van der Waals surface area contributed by atoms with Gasteiger partial charge >= 0.3 is 0 Å². The molecule has 3 fully saturated rings. The van der Waals surface area contributed by atoms with E-state index in [1.807, 2.05) is 27.7 Å². The van der Waals surface area contributed by atoms with Gasteiger partial charge in [0.05, 0.1) is 6.61 Å². The fraction of sp³-hybridized carbons (Fsp3) is 1.00. The second-order valence-corrected chi connectivity index (χ2v) is 8.90. The molecule has 0 N–H and O–H groups in total. The molecule has 0 bridgehead atoms. The first kappa shape index (κ1) is 21.5. The summed E-state index contributed by atoms with van der Waals surface area (Å²) in [4.78, 5) is 0. The molecule has 6 nitrogen and oxygen atoms in total. The summed E-state index contributed by atoms with van der Waals surface area (Å²) in [6.07, 6.45) is 7.73. The number of hydrogen-bond donors (Lipinski definition) is 0. The van der Waals surface area contributed by atoms with E-state index in [0.29, 0.717) is 6.61 Å². The molecular weight excluding hydrogens is 348 g/mol. The Morgan fingerprint density at radius 3 is 2.07 bits per heavy atom. The Labute approximate surface area is 164 Å². The normalized spacial score (nSPS) is 36.6. The van der Waals surface area contributed by atoms with E-state index >= 15 is 0 Å². The molecule has 0 unspecified atom stereocenters. The lowest BCUT2D eigenvalue weighted by atomic mass is 10.0. The molecule has 0 saturated carbocycles. The van der Waals surface area contributed by atoms with Crippen LogP contribution in [-0.2, 0) is 28.4 Å². The molecule has 3 aliphatic heterocycles. The Balaban J connectivity index is 1.41. The van der Waals surface area contributed by atoms with E-state index in [9.17, 15) is 0 Å². The quantitative estimate of drug-likeness (QED) is 0.526. The second-order valence-electron chi connectivity index (χ2n) is 8.90. The Morgan fingerprint density at radius 1 is 0.704 bits per heavy atom. The molecule has 0 aromatic carbocycles. The van der Waals surface area contributed by atoms with Crippen molar-refractivity contribution in [1.29, 1.82) is 0 Å². The lowest BCUT2D eigenvalue weighted by molar-refractivity contribution is -0.348. The first-order chi connectivity index (χ1) is 12.8.